The zero-order valence-corrected chi connectivity index (χ0v) is 14.1. The molecule has 0 aliphatic carbocycles. The third-order valence-electron chi connectivity index (χ3n) is 3.14. The van der Waals surface area contributed by atoms with Gasteiger partial charge in [-0.05, 0) is 23.6 Å². The van der Waals surface area contributed by atoms with E-state index < -0.39 is 0 Å². The van der Waals surface area contributed by atoms with Gasteiger partial charge < -0.3 is 5.11 Å². The average molecular weight is 340 g/mol. The Morgan fingerprint density at radius 2 is 1.82 bits per heavy atom. The second-order valence-electron chi connectivity index (χ2n) is 5.40. The lowest BCUT2D eigenvalue weighted by molar-refractivity contribution is -0.137. The van der Waals surface area contributed by atoms with Crippen LogP contribution in [0.25, 0.3) is 5.57 Å². The summed E-state index contributed by atoms with van der Waals surface area (Å²) in [5.41, 5.74) is 1.08. The minimum atomic E-state index is -0.276. The topological polar surface area (TPSA) is 57.6 Å². The van der Waals surface area contributed by atoms with Crippen LogP contribution in [-0.2, 0) is 9.59 Å². The number of carbonyl (C=O) groups is 2. The van der Waals surface area contributed by atoms with Gasteiger partial charge in [-0.3, -0.25) is 14.5 Å². The van der Waals surface area contributed by atoms with E-state index in [2.05, 4.69) is 0 Å². The first-order valence-corrected chi connectivity index (χ1v) is 8.42. The Morgan fingerprint density at radius 1 is 1.18 bits per heavy atom. The Bertz CT molecular complexity index is 610. The van der Waals surface area contributed by atoms with E-state index in [0.717, 1.165) is 0 Å². The van der Waals surface area contributed by atoms with Crippen LogP contribution >= 0.6 is 23.4 Å². The van der Waals surface area contributed by atoms with Crippen molar-refractivity contribution in [1.82, 2.24) is 4.90 Å². The number of aliphatic hydroxyl groups excluding tert-OH is 1. The van der Waals surface area contributed by atoms with Crippen molar-refractivity contribution >= 4 is 40.8 Å². The van der Waals surface area contributed by atoms with Gasteiger partial charge in [0.15, 0.2) is 0 Å². The summed E-state index contributed by atoms with van der Waals surface area (Å²) in [7, 11) is 0. The standard InChI is InChI=1S/C16H18ClNO3S/c1-10(2)9-18-15(20)13(11-3-5-12(17)6-4-11)14(16(18)21)22-8-7-19/h3-6,10,19H,7-9H2,1-2H3. The van der Waals surface area contributed by atoms with Crippen molar-refractivity contribution in [2.24, 2.45) is 5.92 Å². The summed E-state index contributed by atoms with van der Waals surface area (Å²) in [6.45, 7) is 4.26. The number of hydrogen-bond acceptors (Lipinski definition) is 4. The smallest absolute Gasteiger partial charge is 0.267 e. The number of nitrogens with zero attached hydrogens (tertiary/aromatic N) is 1. The maximum Gasteiger partial charge on any atom is 0.267 e. The number of benzene rings is 1. The molecule has 0 atom stereocenters. The molecule has 1 aliphatic heterocycles. The monoisotopic (exact) mass is 339 g/mol. The van der Waals surface area contributed by atoms with Crippen LogP contribution < -0.4 is 0 Å². The fraction of sp³-hybridized carbons (Fsp3) is 0.375. The third-order valence-corrected chi connectivity index (χ3v) is 4.45. The zero-order chi connectivity index (χ0) is 16.3. The molecule has 0 spiro atoms. The first kappa shape index (κ1) is 17.1. The second kappa shape index (κ2) is 7.31. The number of imide groups is 1. The van der Waals surface area contributed by atoms with Gasteiger partial charge in [0.2, 0.25) is 0 Å². The van der Waals surface area contributed by atoms with Crippen molar-refractivity contribution in [3.05, 3.63) is 39.8 Å². The predicted octanol–water partition coefficient (Wildman–Crippen LogP) is 2.80. The Balaban J connectivity index is 2.42. The first-order valence-electron chi connectivity index (χ1n) is 7.05. The molecule has 1 aromatic rings. The normalized spacial score (nSPS) is 15.4. The molecule has 118 valence electrons. The molecule has 0 saturated heterocycles. The molecule has 2 amide bonds. The molecular formula is C16H18ClNO3S. The lowest BCUT2D eigenvalue weighted by Crippen LogP contribution is -2.34. The molecule has 0 saturated carbocycles. The van der Waals surface area contributed by atoms with Crippen LogP contribution in [-0.4, -0.2) is 40.7 Å². The van der Waals surface area contributed by atoms with Crippen LogP contribution in [0.2, 0.25) is 5.02 Å². The first-order chi connectivity index (χ1) is 10.5. The molecule has 1 N–H and O–H groups in total. The quantitative estimate of drug-likeness (QED) is 0.810. The van der Waals surface area contributed by atoms with Crippen LogP contribution in [0.3, 0.4) is 0 Å². The van der Waals surface area contributed by atoms with Gasteiger partial charge in [-0.1, -0.05) is 37.6 Å². The molecule has 0 aromatic heterocycles. The third kappa shape index (κ3) is 3.54. The molecule has 1 aromatic carbocycles. The van der Waals surface area contributed by atoms with Gasteiger partial charge in [-0.15, -0.1) is 11.8 Å². The van der Waals surface area contributed by atoms with E-state index >= 15 is 0 Å². The SMILES string of the molecule is CC(C)CN1C(=O)C(SCCO)=C(c2ccc(Cl)cc2)C1=O. The Morgan fingerprint density at radius 3 is 2.36 bits per heavy atom. The van der Waals surface area contributed by atoms with Gasteiger partial charge in [-0.2, -0.15) is 0 Å². The number of aliphatic hydroxyl groups is 1. The molecular weight excluding hydrogens is 322 g/mol. The van der Waals surface area contributed by atoms with E-state index in [4.69, 9.17) is 16.7 Å². The average Bonchev–Trinajstić information content (AvgIpc) is 2.70. The lowest BCUT2D eigenvalue weighted by Gasteiger charge is -2.17. The predicted molar refractivity (Wildman–Crippen MR) is 89.5 cm³/mol. The highest BCUT2D eigenvalue weighted by atomic mass is 35.5. The van der Waals surface area contributed by atoms with Crippen LogP contribution in [0.1, 0.15) is 19.4 Å². The molecule has 4 nitrogen and oxygen atoms in total. The van der Waals surface area contributed by atoms with Crippen LogP contribution in [0.4, 0.5) is 0 Å². The number of amides is 2. The Hall–Kier alpha value is -1.30. The van der Waals surface area contributed by atoms with Crippen molar-refractivity contribution in [2.45, 2.75) is 13.8 Å². The highest BCUT2D eigenvalue weighted by Crippen LogP contribution is 2.36. The summed E-state index contributed by atoms with van der Waals surface area (Å²) in [5.74, 6) is 0.0196. The van der Waals surface area contributed by atoms with E-state index in [1.165, 1.54) is 16.7 Å². The van der Waals surface area contributed by atoms with Gasteiger partial charge in [0.05, 0.1) is 17.1 Å². The van der Waals surface area contributed by atoms with E-state index in [-0.39, 0.29) is 24.3 Å². The Kier molecular flexibility index (Phi) is 5.67. The summed E-state index contributed by atoms with van der Waals surface area (Å²) in [4.78, 5) is 26.9. The molecule has 0 bridgehead atoms. The lowest BCUT2D eigenvalue weighted by atomic mass is 10.1. The van der Waals surface area contributed by atoms with Crippen molar-refractivity contribution in [2.75, 3.05) is 18.9 Å². The van der Waals surface area contributed by atoms with Crippen LogP contribution in [0.15, 0.2) is 29.2 Å². The van der Waals surface area contributed by atoms with Crippen molar-refractivity contribution in [3.63, 3.8) is 0 Å². The molecule has 22 heavy (non-hydrogen) atoms. The molecule has 0 fully saturated rings. The molecule has 0 radical (unpaired) electrons. The molecule has 1 aliphatic rings. The van der Waals surface area contributed by atoms with Gasteiger partial charge in [0.1, 0.15) is 0 Å². The molecule has 1 heterocycles. The summed E-state index contributed by atoms with van der Waals surface area (Å²) >= 11 is 7.10. The summed E-state index contributed by atoms with van der Waals surface area (Å²) < 4.78 is 0. The fourth-order valence-electron chi connectivity index (χ4n) is 2.24. The van der Waals surface area contributed by atoms with Gasteiger partial charge in [0.25, 0.3) is 11.8 Å². The van der Waals surface area contributed by atoms with E-state index in [1.807, 2.05) is 13.8 Å². The number of hydrogen-bond donors (Lipinski definition) is 1. The number of halogens is 1. The Labute approximate surface area is 139 Å². The number of thioether (sulfide) groups is 1. The van der Waals surface area contributed by atoms with Crippen LogP contribution in [0, 0.1) is 5.92 Å². The van der Waals surface area contributed by atoms with Gasteiger partial charge in [-0.25, -0.2) is 0 Å². The van der Waals surface area contributed by atoms with E-state index in [1.54, 1.807) is 24.3 Å². The maximum absolute atomic E-state index is 12.6. The second-order valence-corrected chi connectivity index (χ2v) is 6.94. The summed E-state index contributed by atoms with van der Waals surface area (Å²) in [6.07, 6.45) is 0. The zero-order valence-electron chi connectivity index (χ0n) is 12.5. The van der Waals surface area contributed by atoms with Crippen LogP contribution in [0.5, 0.6) is 0 Å². The van der Waals surface area contributed by atoms with Gasteiger partial charge >= 0.3 is 0 Å². The number of carbonyl (C=O) groups excluding carboxylic acids is 2. The fourth-order valence-corrected chi connectivity index (χ4v) is 3.24. The minimum Gasteiger partial charge on any atom is -0.396 e. The summed E-state index contributed by atoms with van der Waals surface area (Å²) in [5, 5.41) is 9.59. The largest absolute Gasteiger partial charge is 0.396 e. The highest BCUT2D eigenvalue weighted by molar-refractivity contribution is 8.04. The minimum absolute atomic E-state index is 0.0479. The van der Waals surface area contributed by atoms with Gasteiger partial charge in [0, 0.05) is 17.3 Å². The molecule has 6 heteroatoms. The highest BCUT2D eigenvalue weighted by Gasteiger charge is 2.39. The van der Waals surface area contributed by atoms with Crippen molar-refractivity contribution in [3.8, 4) is 0 Å². The molecule has 2 rings (SSSR count). The van der Waals surface area contributed by atoms with Crippen molar-refractivity contribution in [1.29, 1.82) is 0 Å². The summed E-state index contributed by atoms with van der Waals surface area (Å²) in [6, 6.07) is 6.87. The molecule has 0 unspecified atom stereocenters. The van der Waals surface area contributed by atoms with E-state index in [0.29, 0.717) is 33.4 Å². The van der Waals surface area contributed by atoms with E-state index in [9.17, 15) is 9.59 Å². The maximum atomic E-state index is 12.6. The van der Waals surface area contributed by atoms with Crippen molar-refractivity contribution < 1.29 is 14.7 Å². The number of rotatable bonds is 6.